The van der Waals surface area contributed by atoms with Crippen LogP contribution in [0.25, 0.3) is 22.5 Å². The summed E-state index contributed by atoms with van der Waals surface area (Å²) in [4.78, 5) is 14.2. The van der Waals surface area contributed by atoms with Gasteiger partial charge in [-0.05, 0) is 60.6 Å². The predicted octanol–water partition coefficient (Wildman–Crippen LogP) is 3.85. The number of hydrogen-bond acceptors (Lipinski definition) is 4. The average molecular weight is 424 g/mol. The van der Waals surface area contributed by atoms with Crippen LogP contribution in [0.1, 0.15) is 19.3 Å². The molecular weight excluding hydrogens is 402 g/mol. The molecule has 1 amide bonds. The van der Waals surface area contributed by atoms with Crippen molar-refractivity contribution < 1.29 is 18.7 Å². The lowest BCUT2D eigenvalue weighted by molar-refractivity contribution is -0.131. The second-order valence-corrected chi connectivity index (χ2v) is 8.38. The molecule has 0 spiro atoms. The first-order valence-corrected chi connectivity index (χ1v) is 10.4. The molecule has 2 aliphatic rings. The number of aromatic hydroxyl groups is 1. The van der Waals surface area contributed by atoms with E-state index in [4.69, 9.17) is 0 Å². The molecule has 0 unspecified atom stereocenters. The van der Waals surface area contributed by atoms with Gasteiger partial charge in [0, 0.05) is 25.6 Å². The van der Waals surface area contributed by atoms with Crippen LogP contribution in [0, 0.1) is 23.5 Å². The van der Waals surface area contributed by atoms with E-state index in [1.165, 1.54) is 18.2 Å². The molecule has 0 bridgehead atoms. The summed E-state index contributed by atoms with van der Waals surface area (Å²) in [5.41, 5.74) is 1.35. The highest BCUT2D eigenvalue weighted by Crippen LogP contribution is 2.34. The van der Waals surface area contributed by atoms with Crippen LogP contribution in [0.4, 0.5) is 8.78 Å². The van der Waals surface area contributed by atoms with Crippen molar-refractivity contribution in [3.63, 3.8) is 0 Å². The van der Waals surface area contributed by atoms with Crippen molar-refractivity contribution in [1.29, 1.82) is 0 Å². The number of hydrogen-bond donors (Lipinski definition) is 1. The molecule has 8 heteroatoms. The standard InChI is InChI=1S/C23H22F2N4O2/c24-19-6-4-17(10-21(19)30)16-3-5-18(20(25)9-16)22-27-26-13-29(22)12-14-7-8-28(11-14)23(31)15-1-2-15/h3-6,9-10,13-15,30H,1-2,7-8,11-12H2/t14-/m1/s1. The van der Waals surface area contributed by atoms with E-state index >= 15 is 0 Å². The number of rotatable bonds is 5. The van der Waals surface area contributed by atoms with Crippen LogP contribution >= 0.6 is 0 Å². The summed E-state index contributed by atoms with van der Waals surface area (Å²) in [5, 5.41) is 17.7. The molecule has 2 heterocycles. The minimum absolute atomic E-state index is 0.222. The Morgan fingerprint density at radius 2 is 1.84 bits per heavy atom. The maximum atomic E-state index is 15.0. The third-order valence-corrected chi connectivity index (χ3v) is 6.08. The van der Waals surface area contributed by atoms with E-state index in [-0.39, 0.29) is 17.7 Å². The van der Waals surface area contributed by atoms with Crippen molar-refractivity contribution in [3.8, 4) is 28.3 Å². The van der Waals surface area contributed by atoms with Crippen LogP contribution in [0.5, 0.6) is 5.75 Å². The van der Waals surface area contributed by atoms with Gasteiger partial charge in [-0.15, -0.1) is 10.2 Å². The number of likely N-dealkylation sites (tertiary alicyclic amines) is 1. The SMILES string of the molecule is O=C(C1CC1)N1CC[C@@H](Cn2cnnc2-c2ccc(-c3ccc(F)c(O)c3)cc2F)C1. The molecular formula is C23H22F2N4O2. The first kappa shape index (κ1) is 19.7. The lowest BCUT2D eigenvalue weighted by Crippen LogP contribution is -2.30. The molecule has 6 nitrogen and oxygen atoms in total. The Labute approximate surface area is 178 Å². The molecule has 1 aliphatic heterocycles. The zero-order chi connectivity index (χ0) is 21.5. The molecule has 2 fully saturated rings. The molecule has 1 aliphatic carbocycles. The Kier molecular flexibility index (Phi) is 4.92. The molecule has 2 aromatic carbocycles. The summed E-state index contributed by atoms with van der Waals surface area (Å²) in [7, 11) is 0. The Hall–Kier alpha value is -3.29. The van der Waals surface area contributed by atoms with Gasteiger partial charge in [0.2, 0.25) is 5.91 Å². The van der Waals surface area contributed by atoms with Crippen molar-refractivity contribution in [2.24, 2.45) is 11.8 Å². The molecule has 31 heavy (non-hydrogen) atoms. The lowest BCUT2D eigenvalue weighted by Gasteiger charge is -2.17. The lowest BCUT2D eigenvalue weighted by atomic mass is 10.0. The zero-order valence-corrected chi connectivity index (χ0v) is 16.8. The minimum Gasteiger partial charge on any atom is -0.505 e. The quantitative estimate of drug-likeness (QED) is 0.675. The number of halogens is 2. The molecule has 0 radical (unpaired) electrons. The zero-order valence-electron chi connectivity index (χ0n) is 16.8. The van der Waals surface area contributed by atoms with Crippen LogP contribution in [0.3, 0.4) is 0 Å². The van der Waals surface area contributed by atoms with Gasteiger partial charge in [0.1, 0.15) is 12.1 Å². The monoisotopic (exact) mass is 424 g/mol. The van der Waals surface area contributed by atoms with Crippen molar-refractivity contribution in [3.05, 3.63) is 54.4 Å². The highest BCUT2D eigenvalue weighted by Gasteiger charge is 2.36. The molecule has 5 rings (SSSR count). The number of carbonyl (C=O) groups excluding carboxylic acids is 1. The maximum absolute atomic E-state index is 15.0. The van der Waals surface area contributed by atoms with E-state index in [0.29, 0.717) is 35.6 Å². The van der Waals surface area contributed by atoms with Crippen molar-refractivity contribution in [2.75, 3.05) is 13.1 Å². The summed E-state index contributed by atoms with van der Waals surface area (Å²) < 4.78 is 30.1. The van der Waals surface area contributed by atoms with Crippen LogP contribution < -0.4 is 0 Å². The van der Waals surface area contributed by atoms with Gasteiger partial charge < -0.3 is 14.6 Å². The van der Waals surface area contributed by atoms with Crippen LogP contribution in [0.2, 0.25) is 0 Å². The highest BCUT2D eigenvalue weighted by atomic mass is 19.1. The number of phenols is 1. The molecule has 1 saturated heterocycles. The number of amides is 1. The molecule has 1 atom stereocenters. The molecule has 160 valence electrons. The van der Waals surface area contributed by atoms with Crippen LogP contribution in [-0.4, -0.2) is 43.8 Å². The Morgan fingerprint density at radius 1 is 1.06 bits per heavy atom. The number of phenolic OH excluding ortho intramolecular Hbond substituents is 1. The molecule has 1 saturated carbocycles. The van der Waals surface area contributed by atoms with Gasteiger partial charge in [0.25, 0.3) is 0 Å². The molecule has 3 aromatic rings. The highest BCUT2D eigenvalue weighted by molar-refractivity contribution is 5.81. The van der Waals surface area contributed by atoms with Crippen molar-refractivity contribution in [1.82, 2.24) is 19.7 Å². The van der Waals surface area contributed by atoms with Gasteiger partial charge in [-0.3, -0.25) is 4.79 Å². The third kappa shape index (κ3) is 3.89. The number of aromatic nitrogens is 3. The van der Waals surface area contributed by atoms with Gasteiger partial charge in [-0.1, -0.05) is 12.1 Å². The largest absolute Gasteiger partial charge is 0.505 e. The fraction of sp³-hybridized carbons (Fsp3) is 0.348. The predicted molar refractivity (Wildman–Crippen MR) is 110 cm³/mol. The van der Waals surface area contributed by atoms with E-state index in [1.807, 2.05) is 9.47 Å². The normalized spacial score (nSPS) is 18.5. The topological polar surface area (TPSA) is 71.2 Å². The maximum Gasteiger partial charge on any atom is 0.225 e. The van der Waals surface area contributed by atoms with Crippen LogP contribution in [0.15, 0.2) is 42.7 Å². The summed E-state index contributed by atoms with van der Waals surface area (Å²) in [6.07, 6.45) is 4.50. The summed E-state index contributed by atoms with van der Waals surface area (Å²) >= 11 is 0. The minimum atomic E-state index is -0.724. The number of carbonyl (C=O) groups is 1. The number of nitrogens with zero attached hydrogens (tertiary/aromatic N) is 4. The summed E-state index contributed by atoms with van der Waals surface area (Å²) in [6.45, 7) is 2.09. The number of benzene rings is 2. The first-order chi connectivity index (χ1) is 15.0. The van der Waals surface area contributed by atoms with Crippen LogP contribution in [-0.2, 0) is 11.3 Å². The Morgan fingerprint density at radius 3 is 2.58 bits per heavy atom. The first-order valence-electron chi connectivity index (χ1n) is 10.4. The van der Waals surface area contributed by atoms with E-state index in [1.54, 1.807) is 18.5 Å². The van der Waals surface area contributed by atoms with Crippen molar-refractivity contribution in [2.45, 2.75) is 25.8 Å². The summed E-state index contributed by atoms with van der Waals surface area (Å²) in [6, 6.07) is 8.55. The van der Waals surface area contributed by atoms with Gasteiger partial charge >= 0.3 is 0 Å². The smallest absolute Gasteiger partial charge is 0.225 e. The Bertz CT molecular complexity index is 1140. The van der Waals surface area contributed by atoms with E-state index in [9.17, 15) is 18.7 Å². The third-order valence-electron chi connectivity index (χ3n) is 6.08. The van der Waals surface area contributed by atoms with Gasteiger partial charge in [-0.25, -0.2) is 8.78 Å². The Balaban J connectivity index is 1.34. The molecule has 1 aromatic heterocycles. The van der Waals surface area contributed by atoms with E-state index in [0.717, 1.165) is 31.9 Å². The second-order valence-electron chi connectivity index (χ2n) is 8.38. The van der Waals surface area contributed by atoms with Gasteiger partial charge in [-0.2, -0.15) is 0 Å². The fourth-order valence-electron chi connectivity index (χ4n) is 4.21. The van der Waals surface area contributed by atoms with Crippen molar-refractivity contribution >= 4 is 5.91 Å². The van der Waals surface area contributed by atoms with E-state index < -0.39 is 17.4 Å². The van der Waals surface area contributed by atoms with Gasteiger partial charge in [0.15, 0.2) is 17.4 Å². The average Bonchev–Trinajstić information content (AvgIpc) is 3.34. The second kappa shape index (κ2) is 7.76. The fourth-order valence-corrected chi connectivity index (χ4v) is 4.21. The van der Waals surface area contributed by atoms with Gasteiger partial charge in [0.05, 0.1) is 5.56 Å². The molecule has 1 N–H and O–H groups in total. The van der Waals surface area contributed by atoms with E-state index in [2.05, 4.69) is 10.2 Å². The summed E-state index contributed by atoms with van der Waals surface area (Å²) in [5.74, 6) is -0.488.